The van der Waals surface area contributed by atoms with Crippen LogP contribution in [-0.4, -0.2) is 34.7 Å². The molecular weight excluding hydrogens is 266 g/mol. The van der Waals surface area contributed by atoms with E-state index in [9.17, 15) is 20.0 Å². The molecule has 0 radical (unpaired) electrons. The molecule has 1 N–H and O–H groups in total. The molecule has 0 amide bonds. The topological polar surface area (TPSA) is 105 Å². The van der Waals surface area contributed by atoms with Crippen molar-refractivity contribution in [2.75, 3.05) is 11.6 Å². The molecule has 0 aromatic heterocycles. The highest BCUT2D eigenvalue weighted by atomic mass is 16.6. The average Bonchev–Trinajstić information content (AvgIpc) is 2.75. The van der Waals surface area contributed by atoms with Gasteiger partial charge in [-0.25, -0.2) is 9.80 Å². The average molecular weight is 277 g/mol. The molecule has 1 aliphatic rings. The number of non-ortho nitro benzene ring substituents is 1. The van der Waals surface area contributed by atoms with Crippen LogP contribution in [0.4, 0.5) is 11.4 Å². The zero-order chi connectivity index (χ0) is 14.7. The molecule has 1 aliphatic heterocycles. The van der Waals surface area contributed by atoms with Gasteiger partial charge in [0.1, 0.15) is 5.94 Å². The molecule has 1 atom stereocenters. The van der Waals surface area contributed by atoms with Crippen molar-refractivity contribution >= 4 is 23.2 Å². The SMILES string of the molecule is CCOC1=NN(c2cccc([N+](=O)[O-])c2)C(O)C1=C=O. The van der Waals surface area contributed by atoms with E-state index in [2.05, 4.69) is 5.10 Å². The van der Waals surface area contributed by atoms with Crippen molar-refractivity contribution in [2.24, 2.45) is 5.10 Å². The predicted molar refractivity (Wildman–Crippen MR) is 69.8 cm³/mol. The van der Waals surface area contributed by atoms with Crippen LogP contribution in [0.5, 0.6) is 0 Å². The fourth-order valence-electron chi connectivity index (χ4n) is 1.73. The molecule has 104 valence electrons. The number of nitro groups is 1. The van der Waals surface area contributed by atoms with E-state index >= 15 is 0 Å². The number of carbonyl (C=O) groups excluding carboxylic acids is 1. The van der Waals surface area contributed by atoms with E-state index in [1.807, 2.05) is 0 Å². The Morgan fingerprint density at radius 3 is 2.95 bits per heavy atom. The Morgan fingerprint density at radius 2 is 2.35 bits per heavy atom. The van der Waals surface area contributed by atoms with E-state index in [4.69, 9.17) is 4.74 Å². The molecule has 8 heteroatoms. The number of hydrogen-bond acceptors (Lipinski definition) is 7. The second-order valence-electron chi connectivity index (χ2n) is 3.85. The van der Waals surface area contributed by atoms with Crippen LogP contribution in [0.2, 0.25) is 0 Å². The maximum atomic E-state index is 10.8. The summed E-state index contributed by atoms with van der Waals surface area (Å²) < 4.78 is 5.12. The van der Waals surface area contributed by atoms with Gasteiger partial charge in [-0.15, -0.1) is 5.10 Å². The molecule has 0 saturated carbocycles. The van der Waals surface area contributed by atoms with Gasteiger partial charge in [-0.05, 0) is 13.0 Å². The van der Waals surface area contributed by atoms with Crippen molar-refractivity contribution in [1.82, 2.24) is 0 Å². The first-order chi connectivity index (χ1) is 9.58. The molecule has 1 unspecified atom stereocenters. The van der Waals surface area contributed by atoms with Crippen molar-refractivity contribution < 1.29 is 19.6 Å². The highest BCUT2D eigenvalue weighted by molar-refractivity contribution is 6.04. The van der Waals surface area contributed by atoms with Gasteiger partial charge in [0, 0.05) is 12.1 Å². The summed E-state index contributed by atoms with van der Waals surface area (Å²) in [5, 5.41) is 25.7. The highest BCUT2D eigenvalue weighted by Gasteiger charge is 2.34. The summed E-state index contributed by atoms with van der Waals surface area (Å²) in [7, 11) is 0. The van der Waals surface area contributed by atoms with Gasteiger partial charge in [-0.1, -0.05) is 6.07 Å². The zero-order valence-corrected chi connectivity index (χ0v) is 10.5. The summed E-state index contributed by atoms with van der Waals surface area (Å²) in [5.41, 5.74) is -0.0149. The van der Waals surface area contributed by atoms with Gasteiger partial charge in [0.2, 0.25) is 0 Å². The number of ether oxygens (including phenoxy) is 1. The quantitative estimate of drug-likeness (QED) is 0.498. The smallest absolute Gasteiger partial charge is 0.271 e. The van der Waals surface area contributed by atoms with Gasteiger partial charge in [0.25, 0.3) is 11.6 Å². The molecule has 1 heterocycles. The van der Waals surface area contributed by atoms with E-state index in [-0.39, 0.29) is 29.5 Å². The van der Waals surface area contributed by atoms with Crippen LogP contribution < -0.4 is 5.01 Å². The van der Waals surface area contributed by atoms with Gasteiger partial charge in [-0.3, -0.25) is 10.1 Å². The van der Waals surface area contributed by atoms with E-state index in [0.29, 0.717) is 0 Å². The number of aliphatic hydroxyl groups excluding tert-OH is 1. The molecule has 0 saturated heterocycles. The summed E-state index contributed by atoms with van der Waals surface area (Å²) in [4.78, 5) is 21.0. The minimum Gasteiger partial charge on any atom is -0.476 e. The Kier molecular flexibility index (Phi) is 3.79. The molecule has 1 aromatic rings. The third-order valence-electron chi connectivity index (χ3n) is 2.61. The fraction of sp³-hybridized carbons (Fsp3) is 0.250. The number of hydrogen-bond donors (Lipinski definition) is 1. The monoisotopic (exact) mass is 277 g/mol. The molecule has 0 aliphatic carbocycles. The molecule has 0 fully saturated rings. The van der Waals surface area contributed by atoms with Crippen LogP contribution in [0.15, 0.2) is 34.9 Å². The van der Waals surface area contributed by atoms with E-state index in [1.54, 1.807) is 12.9 Å². The molecule has 1 aromatic carbocycles. The second-order valence-corrected chi connectivity index (χ2v) is 3.85. The maximum absolute atomic E-state index is 10.8. The maximum Gasteiger partial charge on any atom is 0.271 e. The molecule has 20 heavy (non-hydrogen) atoms. The van der Waals surface area contributed by atoms with Gasteiger partial charge in [0.05, 0.1) is 17.2 Å². The van der Waals surface area contributed by atoms with Crippen LogP contribution >= 0.6 is 0 Å². The molecule has 2 rings (SSSR count). The summed E-state index contributed by atoms with van der Waals surface area (Å²) in [5.74, 6) is 1.53. The van der Waals surface area contributed by atoms with Crippen molar-refractivity contribution in [3.8, 4) is 0 Å². The van der Waals surface area contributed by atoms with E-state index in [1.165, 1.54) is 24.3 Å². The van der Waals surface area contributed by atoms with Crippen molar-refractivity contribution in [1.29, 1.82) is 0 Å². The van der Waals surface area contributed by atoms with Gasteiger partial charge < -0.3 is 9.84 Å². The second kappa shape index (κ2) is 5.52. The largest absolute Gasteiger partial charge is 0.476 e. The first-order valence-corrected chi connectivity index (χ1v) is 5.77. The summed E-state index contributed by atoms with van der Waals surface area (Å²) in [6.45, 7) is 1.97. The van der Waals surface area contributed by atoms with Gasteiger partial charge >= 0.3 is 0 Å². The molecule has 0 spiro atoms. The standard InChI is InChI=1S/C12H11N3O5/c1-2-20-11-10(7-16)12(17)14(13-11)8-4-3-5-9(6-8)15(18)19/h3-6,12,17H,2H2,1H3. The van der Waals surface area contributed by atoms with Crippen molar-refractivity contribution in [3.63, 3.8) is 0 Å². The lowest BCUT2D eigenvalue weighted by molar-refractivity contribution is -0.384. The first kappa shape index (κ1) is 13.7. The highest BCUT2D eigenvalue weighted by Crippen LogP contribution is 2.28. The van der Waals surface area contributed by atoms with Gasteiger partial charge in [-0.2, -0.15) is 0 Å². The van der Waals surface area contributed by atoms with Crippen LogP contribution in [0, 0.1) is 10.1 Å². The van der Waals surface area contributed by atoms with Crippen LogP contribution in [0.1, 0.15) is 6.92 Å². The number of nitrogens with zero attached hydrogens (tertiary/aromatic N) is 3. The Morgan fingerprint density at radius 1 is 1.60 bits per heavy atom. The lowest BCUT2D eigenvalue weighted by Crippen LogP contribution is -2.28. The van der Waals surface area contributed by atoms with E-state index < -0.39 is 11.2 Å². The number of hydrazone groups is 1. The fourth-order valence-corrected chi connectivity index (χ4v) is 1.73. The summed E-state index contributed by atoms with van der Waals surface area (Å²) in [6, 6.07) is 5.54. The number of rotatable bonds is 3. The number of nitro benzene ring substituents is 1. The van der Waals surface area contributed by atoms with Crippen molar-refractivity contribution in [2.45, 2.75) is 13.2 Å². The lowest BCUT2D eigenvalue weighted by Gasteiger charge is -2.17. The predicted octanol–water partition coefficient (Wildman–Crippen LogP) is 0.841. The first-order valence-electron chi connectivity index (χ1n) is 5.77. The van der Waals surface area contributed by atoms with E-state index in [0.717, 1.165) is 5.01 Å². The Bertz CT molecular complexity index is 621. The number of aliphatic hydroxyl groups is 1. The Balaban J connectivity index is 2.40. The van der Waals surface area contributed by atoms with Crippen LogP contribution in [-0.2, 0) is 9.53 Å². The third-order valence-corrected chi connectivity index (χ3v) is 2.61. The van der Waals surface area contributed by atoms with Crippen molar-refractivity contribution in [3.05, 3.63) is 40.0 Å². The Hall–Kier alpha value is -2.70. The lowest BCUT2D eigenvalue weighted by atomic mass is 10.2. The summed E-state index contributed by atoms with van der Waals surface area (Å²) >= 11 is 0. The minimum atomic E-state index is -1.38. The number of anilines is 1. The third kappa shape index (κ3) is 2.37. The molecular formula is C12H11N3O5. The number of benzene rings is 1. The zero-order valence-electron chi connectivity index (χ0n) is 10.5. The normalized spacial score (nSPS) is 17.7. The van der Waals surface area contributed by atoms with Crippen LogP contribution in [0.25, 0.3) is 0 Å². The van der Waals surface area contributed by atoms with Gasteiger partial charge in [0.15, 0.2) is 11.8 Å². The minimum absolute atomic E-state index is 0.0403. The summed E-state index contributed by atoms with van der Waals surface area (Å²) in [6.07, 6.45) is -1.38. The molecule has 0 bridgehead atoms. The van der Waals surface area contributed by atoms with Crippen LogP contribution in [0.3, 0.4) is 0 Å². The molecule has 8 nitrogen and oxygen atoms in total. The Labute approximate surface area is 113 Å².